The SMILES string of the molecule is CCSc1nnc(NC(=O)c2ccccc2S[C@H]2CCS(=O)(=O)C2)s1. The molecule has 1 aliphatic heterocycles. The number of benzene rings is 1. The number of thioether (sulfide) groups is 2. The number of carbonyl (C=O) groups excluding carboxylic acids is 1. The van der Waals surface area contributed by atoms with Crippen LogP contribution in [0.3, 0.4) is 0 Å². The number of nitrogens with one attached hydrogen (secondary N) is 1. The summed E-state index contributed by atoms with van der Waals surface area (Å²) in [4.78, 5) is 13.4. The Bertz CT molecular complexity index is 866. The van der Waals surface area contributed by atoms with Gasteiger partial charge < -0.3 is 0 Å². The number of anilines is 1. The lowest BCUT2D eigenvalue weighted by atomic mass is 10.2. The molecule has 3 rings (SSSR count). The van der Waals surface area contributed by atoms with Crippen LogP contribution in [0.5, 0.6) is 0 Å². The van der Waals surface area contributed by atoms with Gasteiger partial charge in [0.05, 0.1) is 17.1 Å². The number of amides is 1. The summed E-state index contributed by atoms with van der Waals surface area (Å²) in [6.45, 7) is 2.03. The van der Waals surface area contributed by atoms with Gasteiger partial charge in [0.1, 0.15) is 0 Å². The van der Waals surface area contributed by atoms with Crippen LogP contribution in [0.25, 0.3) is 0 Å². The summed E-state index contributed by atoms with van der Waals surface area (Å²) >= 11 is 4.37. The van der Waals surface area contributed by atoms with Gasteiger partial charge in [-0.05, 0) is 24.3 Å². The minimum atomic E-state index is -2.94. The zero-order chi connectivity index (χ0) is 17.9. The van der Waals surface area contributed by atoms with Crippen LogP contribution >= 0.6 is 34.9 Å². The highest BCUT2D eigenvalue weighted by molar-refractivity contribution is 8.02. The topological polar surface area (TPSA) is 89.0 Å². The normalized spacial score (nSPS) is 19.0. The molecule has 0 aliphatic carbocycles. The zero-order valence-corrected chi connectivity index (χ0v) is 16.7. The van der Waals surface area contributed by atoms with Gasteiger partial charge in [-0.2, -0.15) is 0 Å². The van der Waals surface area contributed by atoms with Crippen LogP contribution in [0.2, 0.25) is 0 Å². The average Bonchev–Trinajstić information content (AvgIpc) is 3.14. The van der Waals surface area contributed by atoms with E-state index in [1.54, 1.807) is 23.9 Å². The van der Waals surface area contributed by atoms with Gasteiger partial charge in [-0.25, -0.2) is 8.42 Å². The van der Waals surface area contributed by atoms with Crippen molar-refractivity contribution in [2.45, 2.75) is 27.8 Å². The highest BCUT2D eigenvalue weighted by Gasteiger charge is 2.29. The van der Waals surface area contributed by atoms with Crippen molar-refractivity contribution in [1.29, 1.82) is 0 Å². The molecule has 1 aromatic carbocycles. The van der Waals surface area contributed by atoms with E-state index in [-0.39, 0.29) is 22.7 Å². The third-order valence-electron chi connectivity index (χ3n) is 3.51. The molecule has 0 radical (unpaired) electrons. The van der Waals surface area contributed by atoms with E-state index in [4.69, 9.17) is 0 Å². The van der Waals surface area contributed by atoms with E-state index in [0.29, 0.717) is 17.1 Å². The van der Waals surface area contributed by atoms with Crippen molar-refractivity contribution in [3.05, 3.63) is 29.8 Å². The molecule has 1 saturated heterocycles. The number of nitrogens with zero attached hydrogens (tertiary/aromatic N) is 2. The fourth-order valence-corrected chi connectivity index (χ4v) is 7.67. The van der Waals surface area contributed by atoms with Crippen molar-refractivity contribution < 1.29 is 13.2 Å². The summed E-state index contributed by atoms with van der Waals surface area (Å²) in [5.74, 6) is 1.03. The molecule has 1 aliphatic rings. The van der Waals surface area contributed by atoms with Crippen LogP contribution in [0.4, 0.5) is 5.13 Å². The minimum Gasteiger partial charge on any atom is -0.296 e. The number of rotatable bonds is 6. The zero-order valence-electron chi connectivity index (χ0n) is 13.5. The Balaban J connectivity index is 1.72. The number of hydrogen-bond donors (Lipinski definition) is 1. The highest BCUT2D eigenvalue weighted by atomic mass is 32.2. The van der Waals surface area contributed by atoms with Gasteiger partial charge in [0, 0.05) is 10.1 Å². The van der Waals surface area contributed by atoms with Crippen LogP contribution in [-0.4, -0.2) is 47.0 Å². The average molecular weight is 416 g/mol. The lowest BCUT2D eigenvalue weighted by Gasteiger charge is -2.11. The molecule has 134 valence electrons. The Labute approximate surface area is 159 Å². The third kappa shape index (κ3) is 4.96. The third-order valence-corrected chi connectivity index (χ3v) is 8.69. The van der Waals surface area contributed by atoms with E-state index >= 15 is 0 Å². The number of sulfone groups is 1. The first-order valence-electron chi connectivity index (χ1n) is 7.70. The quantitative estimate of drug-likeness (QED) is 0.572. The molecule has 1 fully saturated rings. The van der Waals surface area contributed by atoms with Gasteiger partial charge in [0.25, 0.3) is 5.91 Å². The lowest BCUT2D eigenvalue weighted by Crippen LogP contribution is -2.14. The highest BCUT2D eigenvalue weighted by Crippen LogP contribution is 2.33. The van der Waals surface area contributed by atoms with E-state index in [0.717, 1.165) is 15.0 Å². The summed E-state index contributed by atoms with van der Waals surface area (Å²) < 4.78 is 24.1. The molecule has 2 aromatic rings. The summed E-state index contributed by atoms with van der Waals surface area (Å²) in [5.41, 5.74) is 0.525. The maximum absolute atomic E-state index is 12.6. The van der Waals surface area contributed by atoms with Gasteiger partial charge in [-0.1, -0.05) is 42.2 Å². The molecular weight excluding hydrogens is 398 g/mol. The van der Waals surface area contributed by atoms with Gasteiger partial charge in [-0.3, -0.25) is 10.1 Å². The number of aromatic nitrogens is 2. The first-order chi connectivity index (χ1) is 12.0. The van der Waals surface area contributed by atoms with Crippen molar-refractivity contribution >= 4 is 55.7 Å². The van der Waals surface area contributed by atoms with Gasteiger partial charge in [0.2, 0.25) is 5.13 Å². The predicted molar refractivity (Wildman–Crippen MR) is 104 cm³/mol. The second-order valence-corrected chi connectivity index (χ2v) is 11.5. The summed E-state index contributed by atoms with van der Waals surface area (Å²) in [7, 11) is -2.94. The molecule has 6 nitrogen and oxygen atoms in total. The maximum atomic E-state index is 12.6. The van der Waals surface area contributed by atoms with Crippen molar-refractivity contribution in [2.24, 2.45) is 0 Å². The van der Waals surface area contributed by atoms with E-state index < -0.39 is 9.84 Å². The van der Waals surface area contributed by atoms with Crippen LogP contribution in [0.15, 0.2) is 33.5 Å². The second-order valence-electron chi connectivity index (χ2n) is 5.40. The van der Waals surface area contributed by atoms with E-state index in [2.05, 4.69) is 15.5 Å². The summed E-state index contributed by atoms with van der Waals surface area (Å²) in [6.07, 6.45) is 0.622. The van der Waals surface area contributed by atoms with E-state index in [1.165, 1.54) is 23.1 Å². The Morgan fingerprint density at radius 3 is 2.88 bits per heavy atom. The van der Waals surface area contributed by atoms with Crippen LogP contribution in [-0.2, 0) is 9.84 Å². The van der Waals surface area contributed by atoms with Crippen LogP contribution in [0, 0.1) is 0 Å². The molecule has 1 amide bonds. The molecular formula is C15H17N3O3S4. The smallest absolute Gasteiger partial charge is 0.258 e. The lowest BCUT2D eigenvalue weighted by molar-refractivity contribution is 0.102. The van der Waals surface area contributed by atoms with Crippen LogP contribution < -0.4 is 5.32 Å². The Morgan fingerprint density at radius 1 is 1.36 bits per heavy atom. The molecule has 1 N–H and O–H groups in total. The number of carbonyl (C=O) groups is 1. The van der Waals surface area contributed by atoms with Gasteiger partial charge in [-0.15, -0.1) is 22.0 Å². The van der Waals surface area contributed by atoms with Crippen molar-refractivity contribution in [2.75, 3.05) is 22.6 Å². The molecule has 0 bridgehead atoms. The van der Waals surface area contributed by atoms with Crippen molar-refractivity contribution in [3.63, 3.8) is 0 Å². The monoisotopic (exact) mass is 415 g/mol. The standard InChI is InChI=1S/C15H17N3O3S4/c1-2-22-15-18-17-14(24-15)16-13(19)11-5-3-4-6-12(11)23-10-7-8-25(20,21)9-10/h3-6,10H,2,7-9H2,1H3,(H,16,17,19)/t10-/m0/s1. The Kier molecular flexibility index (Phi) is 6.03. The minimum absolute atomic E-state index is 0.00645. The fourth-order valence-electron chi connectivity index (χ4n) is 2.40. The van der Waals surface area contributed by atoms with Crippen LogP contribution in [0.1, 0.15) is 23.7 Å². The molecule has 10 heteroatoms. The summed E-state index contributed by atoms with van der Waals surface area (Å²) in [5, 5.41) is 11.2. The van der Waals surface area contributed by atoms with Crippen molar-refractivity contribution in [1.82, 2.24) is 10.2 Å². The first kappa shape index (κ1) is 18.7. The molecule has 25 heavy (non-hydrogen) atoms. The molecule has 1 atom stereocenters. The van der Waals surface area contributed by atoms with Gasteiger partial charge in [0.15, 0.2) is 14.2 Å². The van der Waals surface area contributed by atoms with E-state index in [1.807, 2.05) is 19.1 Å². The first-order valence-corrected chi connectivity index (χ1v) is 12.2. The molecule has 0 spiro atoms. The molecule has 0 saturated carbocycles. The van der Waals surface area contributed by atoms with Gasteiger partial charge >= 0.3 is 0 Å². The Hall–Kier alpha value is -1.10. The maximum Gasteiger partial charge on any atom is 0.258 e. The molecule has 0 unspecified atom stereocenters. The largest absolute Gasteiger partial charge is 0.296 e. The summed E-state index contributed by atoms with van der Waals surface area (Å²) in [6, 6.07) is 7.24. The Morgan fingerprint density at radius 2 is 2.16 bits per heavy atom. The fraction of sp³-hybridized carbons (Fsp3) is 0.400. The number of hydrogen-bond acceptors (Lipinski definition) is 8. The van der Waals surface area contributed by atoms with Crippen molar-refractivity contribution in [3.8, 4) is 0 Å². The van der Waals surface area contributed by atoms with E-state index in [9.17, 15) is 13.2 Å². The molecule has 2 heterocycles. The molecule has 1 aromatic heterocycles. The second kappa shape index (κ2) is 8.07. The predicted octanol–water partition coefficient (Wildman–Crippen LogP) is 3.18.